The van der Waals surface area contributed by atoms with Gasteiger partial charge in [0.05, 0.1) is 34.4 Å². The molecular formula is C20H13ClF5N3O3. The number of benzene rings is 2. The number of rotatable bonds is 5. The minimum atomic E-state index is -4.80. The molecule has 0 saturated carbocycles. The van der Waals surface area contributed by atoms with E-state index in [1.54, 1.807) is 0 Å². The highest BCUT2D eigenvalue weighted by atomic mass is 35.5. The topological polar surface area (TPSA) is 84.3 Å². The summed E-state index contributed by atoms with van der Waals surface area (Å²) in [6.07, 6.45) is -5.17. The molecule has 3 rings (SSSR count). The quantitative estimate of drug-likeness (QED) is 0.487. The Kier molecular flexibility index (Phi) is 6.49. The van der Waals surface area contributed by atoms with E-state index in [1.807, 2.05) is 0 Å². The van der Waals surface area contributed by atoms with Crippen LogP contribution >= 0.6 is 11.6 Å². The van der Waals surface area contributed by atoms with Crippen LogP contribution in [-0.4, -0.2) is 33.3 Å². The third kappa shape index (κ3) is 5.05. The van der Waals surface area contributed by atoms with Gasteiger partial charge in [-0.1, -0.05) is 17.7 Å². The van der Waals surface area contributed by atoms with Crippen molar-refractivity contribution in [2.45, 2.75) is 19.2 Å². The predicted octanol–water partition coefficient (Wildman–Crippen LogP) is 5.36. The molecule has 12 heteroatoms. The summed E-state index contributed by atoms with van der Waals surface area (Å²) < 4.78 is 72.8. The summed E-state index contributed by atoms with van der Waals surface area (Å²) in [4.78, 5) is 20.0. The molecule has 0 aliphatic rings. The van der Waals surface area contributed by atoms with Gasteiger partial charge in [-0.05, 0) is 31.2 Å². The number of nitrogens with one attached hydrogen (secondary N) is 1. The van der Waals surface area contributed by atoms with E-state index in [4.69, 9.17) is 16.3 Å². The van der Waals surface area contributed by atoms with E-state index in [-0.39, 0.29) is 10.7 Å². The molecule has 0 spiro atoms. The van der Waals surface area contributed by atoms with Gasteiger partial charge in [0.15, 0.2) is 6.10 Å². The van der Waals surface area contributed by atoms with Gasteiger partial charge in [0, 0.05) is 5.56 Å². The molecule has 2 N–H and O–H groups in total. The number of anilines is 1. The molecular weight excluding hydrogens is 461 g/mol. The molecule has 168 valence electrons. The number of carbonyl (C=O) groups is 1. The van der Waals surface area contributed by atoms with Crippen LogP contribution in [0.2, 0.25) is 5.02 Å². The molecule has 1 amide bonds. The van der Waals surface area contributed by atoms with Gasteiger partial charge in [0.25, 0.3) is 5.91 Å². The number of ether oxygens (including phenoxy) is 1. The number of aromatic hydroxyl groups is 1. The highest BCUT2D eigenvalue weighted by Crippen LogP contribution is 2.34. The number of hydrogen-bond acceptors (Lipinski definition) is 5. The second-order valence-electron chi connectivity index (χ2n) is 6.44. The third-order valence-electron chi connectivity index (χ3n) is 4.18. The van der Waals surface area contributed by atoms with Crippen molar-refractivity contribution in [3.63, 3.8) is 0 Å². The molecule has 0 unspecified atom stereocenters. The summed E-state index contributed by atoms with van der Waals surface area (Å²) in [5.41, 5.74) is -1.72. The van der Waals surface area contributed by atoms with E-state index in [2.05, 4.69) is 15.3 Å². The SMILES string of the molecule is C[C@H](Oc1cc(-c2cncc(O)n2)c(F)cc1C(=O)Nc1c(F)cccc1Cl)C(F)(F)F. The van der Waals surface area contributed by atoms with E-state index in [0.717, 1.165) is 24.5 Å². The summed E-state index contributed by atoms with van der Waals surface area (Å²) in [6.45, 7) is 0.687. The summed E-state index contributed by atoms with van der Waals surface area (Å²) in [5.74, 6) is -4.40. The first-order chi connectivity index (χ1) is 15.0. The van der Waals surface area contributed by atoms with Crippen molar-refractivity contribution in [3.05, 3.63) is 64.9 Å². The Hall–Kier alpha value is -3.47. The molecule has 1 atom stereocenters. The summed E-state index contributed by atoms with van der Waals surface area (Å²) in [5, 5.41) is 11.4. The molecule has 0 aliphatic heterocycles. The van der Waals surface area contributed by atoms with Crippen LogP contribution < -0.4 is 10.1 Å². The number of nitrogens with zero attached hydrogens (tertiary/aromatic N) is 2. The van der Waals surface area contributed by atoms with Crippen LogP contribution in [0.1, 0.15) is 17.3 Å². The number of amides is 1. The van der Waals surface area contributed by atoms with Gasteiger partial charge < -0.3 is 15.2 Å². The molecule has 0 bridgehead atoms. The first-order valence-electron chi connectivity index (χ1n) is 8.81. The first kappa shape index (κ1) is 23.2. The molecule has 0 aliphatic carbocycles. The lowest BCUT2D eigenvalue weighted by Crippen LogP contribution is -2.32. The Morgan fingerprint density at radius 3 is 2.53 bits per heavy atom. The number of hydrogen-bond donors (Lipinski definition) is 2. The third-order valence-corrected chi connectivity index (χ3v) is 4.49. The number of carbonyl (C=O) groups excluding carboxylic acids is 1. The highest BCUT2D eigenvalue weighted by molar-refractivity contribution is 6.34. The number of para-hydroxylation sites is 1. The highest BCUT2D eigenvalue weighted by Gasteiger charge is 2.39. The summed E-state index contributed by atoms with van der Waals surface area (Å²) in [7, 11) is 0. The number of aromatic nitrogens is 2. The van der Waals surface area contributed by atoms with Crippen molar-refractivity contribution in [2.75, 3.05) is 5.32 Å². The van der Waals surface area contributed by atoms with Gasteiger partial charge in [0.1, 0.15) is 17.4 Å². The molecule has 6 nitrogen and oxygen atoms in total. The van der Waals surface area contributed by atoms with E-state index < -0.39 is 58.3 Å². The Bertz CT molecular complexity index is 1150. The van der Waals surface area contributed by atoms with Crippen molar-refractivity contribution in [2.24, 2.45) is 0 Å². The van der Waals surface area contributed by atoms with Crippen molar-refractivity contribution >= 4 is 23.2 Å². The minimum Gasteiger partial charge on any atom is -0.492 e. The van der Waals surface area contributed by atoms with Crippen LogP contribution in [0.5, 0.6) is 11.6 Å². The zero-order valence-electron chi connectivity index (χ0n) is 16.0. The fraction of sp³-hybridized carbons (Fsp3) is 0.150. The zero-order chi connectivity index (χ0) is 23.6. The molecule has 0 saturated heterocycles. The normalized spacial score (nSPS) is 12.3. The van der Waals surface area contributed by atoms with Crippen molar-refractivity contribution < 1.29 is 36.6 Å². The van der Waals surface area contributed by atoms with Gasteiger partial charge >= 0.3 is 6.18 Å². The standard InChI is InChI=1S/C20H13ClF5N3O3/c1-9(20(24,25)26)32-16-6-10(15-7-27-8-17(30)28-15)14(23)5-11(16)19(31)29-18-12(21)3-2-4-13(18)22/h2-9H,1H3,(H,28,30)(H,29,31)/t9-/m0/s1. The minimum absolute atomic E-state index is 0.184. The van der Waals surface area contributed by atoms with Gasteiger partial charge in [-0.15, -0.1) is 0 Å². The van der Waals surface area contributed by atoms with Crippen molar-refractivity contribution in [1.29, 1.82) is 0 Å². The number of alkyl halides is 3. The van der Waals surface area contributed by atoms with Crippen LogP contribution in [0.15, 0.2) is 42.7 Å². The largest absolute Gasteiger partial charge is 0.492 e. The lowest BCUT2D eigenvalue weighted by Gasteiger charge is -2.20. The number of halogens is 6. The summed E-state index contributed by atoms with van der Waals surface area (Å²) >= 11 is 5.85. The Balaban J connectivity index is 2.09. The smallest absolute Gasteiger partial charge is 0.425 e. The van der Waals surface area contributed by atoms with E-state index in [1.165, 1.54) is 12.1 Å². The van der Waals surface area contributed by atoms with E-state index in [0.29, 0.717) is 13.0 Å². The van der Waals surface area contributed by atoms with Crippen molar-refractivity contribution in [1.82, 2.24) is 9.97 Å². The van der Waals surface area contributed by atoms with Gasteiger partial charge in [0.2, 0.25) is 5.88 Å². The molecule has 32 heavy (non-hydrogen) atoms. The zero-order valence-corrected chi connectivity index (χ0v) is 16.8. The van der Waals surface area contributed by atoms with Crippen LogP contribution in [0, 0.1) is 11.6 Å². The van der Waals surface area contributed by atoms with Gasteiger partial charge in [-0.25, -0.2) is 13.8 Å². The lowest BCUT2D eigenvalue weighted by molar-refractivity contribution is -0.189. The molecule has 1 aromatic heterocycles. The average molecular weight is 474 g/mol. The molecule has 2 aromatic carbocycles. The van der Waals surface area contributed by atoms with Crippen LogP contribution in [-0.2, 0) is 0 Å². The monoisotopic (exact) mass is 473 g/mol. The van der Waals surface area contributed by atoms with Crippen LogP contribution in [0.4, 0.5) is 27.6 Å². The van der Waals surface area contributed by atoms with Gasteiger partial charge in [-0.2, -0.15) is 13.2 Å². The van der Waals surface area contributed by atoms with Crippen molar-refractivity contribution in [3.8, 4) is 22.9 Å². The first-order valence-corrected chi connectivity index (χ1v) is 9.19. The van der Waals surface area contributed by atoms with Crippen LogP contribution in [0.25, 0.3) is 11.3 Å². The summed E-state index contributed by atoms with van der Waals surface area (Å²) in [6, 6.07) is 4.95. The van der Waals surface area contributed by atoms with Crippen LogP contribution in [0.3, 0.4) is 0 Å². The molecule has 3 aromatic rings. The van der Waals surface area contributed by atoms with Gasteiger partial charge in [-0.3, -0.25) is 9.78 Å². The Morgan fingerprint density at radius 1 is 1.19 bits per heavy atom. The molecule has 0 radical (unpaired) electrons. The molecule has 1 heterocycles. The van der Waals surface area contributed by atoms with E-state index in [9.17, 15) is 31.9 Å². The Labute approximate surface area is 182 Å². The average Bonchev–Trinajstić information content (AvgIpc) is 2.71. The predicted molar refractivity (Wildman–Crippen MR) is 105 cm³/mol. The maximum absolute atomic E-state index is 14.8. The maximum Gasteiger partial charge on any atom is 0.425 e. The second kappa shape index (κ2) is 8.95. The second-order valence-corrected chi connectivity index (χ2v) is 6.85. The lowest BCUT2D eigenvalue weighted by atomic mass is 10.1. The fourth-order valence-electron chi connectivity index (χ4n) is 2.57. The fourth-order valence-corrected chi connectivity index (χ4v) is 2.78. The maximum atomic E-state index is 14.8. The van der Waals surface area contributed by atoms with E-state index >= 15 is 0 Å². The molecule has 0 fully saturated rings. The Morgan fingerprint density at radius 2 is 1.91 bits per heavy atom.